The summed E-state index contributed by atoms with van der Waals surface area (Å²) in [6.07, 6.45) is 1.94. The normalized spacial score (nSPS) is 14.6. The molecule has 2 rings (SSSR count). The highest BCUT2D eigenvalue weighted by molar-refractivity contribution is 7.98. The Morgan fingerprint density at radius 2 is 2.25 bits per heavy atom. The average Bonchev–Trinajstić information content (AvgIpc) is 2.75. The van der Waals surface area contributed by atoms with Gasteiger partial charge in [0.2, 0.25) is 5.84 Å². The Kier molecular flexibility index (Phi) is 1.83. The van der Waals surface area contributed by atoms with E-state index in [1.54, 1.807) is 6.07 Å². The van der Waals surface area contributed by atoms with E-state index in [0.717, 1.165) is 5.09 Å². The number of amidine groups is 1. The van der Waals surface area contributed by atoms with Crippen LogP contribution in [0.15, 0.2) is 37.2 Å². The lowest BCUT2D eigenvalue weighted by molar-refractivity contribution is 0.465. The van der Waals surface area contributed by atoms with Gasteiger partial charge in [0, 0.05) is 0 Å². The van der Waals surface area contributed by atoms with E-state index in [0.29, 0.717) is 11.6 Å². The smallest absolute Gasteiger partial charge is 0.242 e. The van der Waals surface area contributed by atoms with Crippen LogP contribution in [0.1, 0.15) is 5.76 Å². The van der Waals surface area contributed by atoms with Gasteiger partial charge in [-0.1, -0.05) is 11.8 Å². The number of thioether (sulfide) groups is 1. The topological polar surface area (TPSA) is 64.3 Å². The third-order valence-electron chi connectivity index (χ3n) is 1.32. The number of hydrogen-bond acceptors (Lipinski definition) is 5. The lowest BCUT2D eigenvalue weighted by Crippen LogP contribution is -2.05. The van der Waals surface area contributed by atoms with Crippen molar-refractivity contribution in [1.82, 2.24) is 5.43 Å². The molecular weight excluding hydrogens is 176 g/mol. The van der Waals surface area contributed by atoms with Gasteiger partial charge in [-0.15, -0.1) is 10.5 Å². The first-order valence-corrected chi connectivity index (χ1v) is 4.45. The fraction of sp³-hybridized carbons (Fsp3) is 0.167. The number of rotatable bonds is 2. The summed E-state index contributed by atoms with van der Waals surface area (Å²) in [6.45, 7) is 0. The second-order valence-corrected chi connectivity index (χ2v) is 2.84. The maximum absolute atomic E-state index is 5.34. The van der Waals surface area contributed by atoms with Gasteiger partial charge in [0.05, 0.1) is 0 Å². The molecule has 0 unspecified atom stereocenters. The fourth-order valence-electron chi connectivity index (χ4n) is 0.793. The quantitative estimate of drug-likeness (QED) is 0.651. The molecule has 0 fully saturated rings. The first-order chi connectivity index (χ1) is 5.90. The lowest BCUT2D eigenvalue weighted by atomic mass is 10.4. The van der Waals surface area contributed by atoms with E-state index < -0.39 is 0 Å². The maximum atomic E-state index is 5.34. The minimum atomic E-state index is 0.426. The molecule has 12 heavy (non-hydrogen) atoms. The summed E-state index contributed by atoms with van der Waals surface area (Å²) in [5.41, 5.74) is 3.66. The number of furan rings is 1. The minimum Gasteiger partial charge on any atom is -0.446 e. The molecule has 61 valence electrons. The Hall–Kier alpha value is -1.30. The van der Waals surface area contributed by atoms with E-state index in [1.807, 2.05) is 12.3 Å². The molecule has 5 nitrogen and oxygen atoms in total. The van der Waals surface area contributed by atoms with Crippen LogP contribution in [0.4, 0.5) is 0 Å². The zero-order valence-corrected chi connectivity index (χ0v) is 7.08. The standard InChI is InChI=1S/C6H5N4OS/c1-12-5-3-2-4(11-5)6-7-9-10-8-6/h2-3H,1H3. The van der Waals surface area contributed by atoms with Crippen LogP contribution in [-0.4, -0.2) is 12.1 Å². The van der Waals surface area contributed by atoms with Crippen LogP contribution in [-0.2, 0) is 0 Å². The average molecular weight is 181 g/mol. The molecule has 6 heteroatoms. The van der Waals surface area contributed by atoms with Crippen molar-refractivity contribution < 1.29 is 4.42 Å². The van der Waals surface area contributed by atoms with E-state index in [1.165, 1.54) is 11.8 Å². The zero-order chi connectivity index (χ0) is 8.39. The molecule has 2 heterocycles. The van der Waals surface area contributed by atoms with Crippen LogP contribution in [0.25, 0.3) is 0 Å². The summed E-state index contributed by atoms with van der Waals surface area (Å²) in [6, 6.07) is 3.65. The van der Waals surface area contributed by atoms with Crippen LogP contribution < -0.4 is 5.43 Å². The largest absolute Gasteiger partial charge is 0.446 e. The molecule has 0 N–H and O–H groups in total. The van der Waals surface area contributed by atoms with Gasteiger partial charge in [0.25, 0.3) is 0 Å². The molecule has 0 saturated carbocycles. The number of hydrogen-bond donors (Lipinski definition) is 0. The summed E-state index contributed by atoms with van der Waals surface area (Å²) in [7, 11) is 0. The van der Waals surface area contributed by atoms with Crippen LogP contribution in [0.3, 0.4) is 0 Å². The van der Waals surface area contributed by atoms with Crippen molar-refractivity contribution in [3.8, 4) is 0 Å². The van der Waals surface area contributed by atoms with Gasteiger partial charge < -0.3 is 4.42 Å². The molecule has 0 spiro atoms. The third-order valence-corrected chi connectivity index (χ3v) is 1.94. The molecule has 1 radical (unpaired) electrons. The van der Waals surface area contributed by atoms with Crippen molar-refractivity contribution in [2.75, 3.05) is 6.26 Å². The molecule has 0 aliphatic carbocycles. The highest BCUT2D eigenvalue weighted by Crippen LogP contribution is 2.18. The van der Waals surface area contributed by atoms with E-state index in [9.17, 15) is 0 Å². The van der Waals surface area contributed by atoms with Crippen molar-refractivity contribution in [3.63, 3.8) is 0 Å². The Morgan fingerprint density at radius 1 is 1.33 bits per heavy atom. The molecule has 0 bridgehead atoms. The van der Waals surface area contributed by atoms with Gasteiger partial charge in [-0.3, -0.25) is 0 Å². The van der Waals surface area contributed by atoms with Crippen LogP contribution in [0, 0.1) is 0 Å². The first kappa shape index (κ1) is 7.35. The molecule has 0 saturated heterocycles. The zero-order valence-electron chi connectivity index (χ0n) is 6.26. The number of nitrogens with zero attached hydrogens (tertiary/aromatic N) is 4. The fourth-order valence-corrected chi connectivity index (χ4v) is 1.17. The van der Waals surface area contributed by atoms with Crippen molar-refractivity contribution in [1.29, 1.82) is 0 Å². The van der Waals surface area contributed by atoms with Crippen LogP contribution >= 0.6 is 11.8 Å². The Morgan fingerprint density at radius 3 is 2.83 bits per heavy atom. The maximum Gasteiger partial charge on any atom is 0.242 e. The SMILES string of the molecule is CSc1ccc(C2=NN=N[N]2)o1. The summed E-state index contributed by atoms with van der Waals surface area (Å²) in [4.78, 5) is 0. The van der Waals surface area contributed by atoms with E-state index in [2.05, 4.69) is 21.0 Å². The summed E-state index contributed by atoms with van der Waals surface area (Å²) < 4.78 is 5.34. The van der Waals surface area contributed by atoms with Gasteiger partial charge in [-0.25, -0.2) is 0 Å². The van der Waals surface area contributed by atoms with E-state index >= 15 is 0 Å². The molecule has 0 aromatic carbocycles. The Balaban J connectivity index is 2.23. The van der Waals surface area contributed by atoms with Crippen LogP contribution in [0.2, 0.25) is 0 Å². The predicted octanol–water partition coefficient (Wildman–Crippen LogP) is 1.65. The first-order valence-electron chi connectivity index (χ1n) is 3.23. The molecular formula is C6H5N4OS. The predicted molar refractivity (Wildman–Crippen MR) is 44.0 cm³/mol. The second-order valence-electron chi connectivity index (χ2n) is 2.03. The van der Waals surface area contributed by atoms with Gasteiger partial charge in [-0.05, 0) is 28.8 Å². The van der Waals surface area contributed by atoms with Gasteiger partial charge >= 0.3 is 0 Å². The Bertz CT molecular complexity index is 343. The highest BCUT2D eigenvalue weighted by Gasteiger charge is 2.13. The molecule has 1 aromatic heterocycles. The van der Waals surface area contributed by atoms with Crippen molar-refractivity contribution >= 4 is 17.6 Å². The molecule has 1 aliphatic rings. The molecule has 0 amide bonds. The Labute approximate surface area is 72.9 Å². The summed E-state index contributed by atoms with van der Waals surface area (Å²) in [5.74, 6) is 1.03. The second kappa shape index (κ2) is 2.98. The minimum absolute atomic E-state index is 0.426. The van der Waals surface area contributed by atoms with Gasteiger partial charge in [0.1, 0.15) is 0 Å². The molecule has 1 aliphatic heterocycles. The van der Waals surface area contributed by atoms with Gasteiger partial charge in [0.15, 0.2) is 10.9 Å². The van der Waals surface area contributed by atoms with Gasteiger partial charge in [-0.2, -0.15) is 0 Å². The van der Waals surface area contributed by atoms with E-state index in [4.69, 9.17) is 4.42 Å². The summed E-state index contributed by atoms with van der Waals surface area (Å²) in [5, 5.41) is 11.2. The highest BCUT2D eigenvalue weighted by atomic mass is 32.2. The summed E-state index contributed by atoms with van der Waals surface area (Å²) >= 11 is 1.52. The van der Waals surface area contributed by atoms with Crippen molar-refractivity contribution in [2.24, 2.45) is 15.5 Å². The third kappa shape index (κ3) is 1.20. The van der Waals surface area contributed by atoms with Crippen molar-refractivity contribution in [3.05, 3.63) is 17.9 Å². The van der Waals surface area contributed by atoms with E-state index in [-0.39, 0.29) is 0 Å². The molecule has 1 aromatic rings. The monoisotopic (exact) mass is 181 g/mol. The van der Waals surface area contributed by atoms with Crippen molar-refractivity contribution in [2.45, 2.75) is 5.09 Å². The lowest BCUT2D eigenvalue weighted by Gasteiger charge is -1.89. The van der Waals surface area contributed by atoms with Crippen LogP contribution in [0.5, 0.6) is 0 Å². The molecule has 0 atom stereocenters.